The van der Waals surface area contributed by atoms with Crippen molar-refractivity contribution in [2.24, 2.45) is 5.73 Å². The van der Waals surface area contributed by atoms with Gasteiger partial charge in [0.1, 0.15) is 0 Å². The number of hydrogen-bond donors (Lipinski definition) is 2. The molecule has 5 nitrogen and oxygen atoms in total. The molecule has 2 rings (SSSR count). The Morgan fingerprint density at radius 1 is 1.25 bits per heavy atom. The average molecular weight is 274 g/mol. The number of anilines is 2. The molecule has 4 N–H and O–H groups in total. The van der Waals surface area contributed by atoms with Crippen LogP contribution in [0.15, 0.2) is 42.6 Å². The standard InChI is InChI=1S/C14H15FN4O/c15-11-5-3-7-18-14(11)19(9-13(17)20)8-10-4-1-2-6-12(10)16/h1-7H,8-9,16H2,(H2,17,20). The molecule has 0 saturated carbocycles. The Hall–Kier alpha value is -2.63. The van der Waals surface area contributed by atoms with Gasteiger partial charge in [-0.1, -0.05) is 18.2 Å². The lowest BCUT2D eigenvalue weighted by molar-refractivity contribution is -0.116. The van der Waals surface area contributed by atoms with Gasteiger partial charge in [0.05, 0.1) is 6.54 Å². The second-order valence-corrected chi connectivity index (χ2v) is 4.33. The highest BCUT2D eigenvalue weighted by molar-refractivity contribution is 5.79. The number of amides is 1. The van der Waals surface area contributed by atoms with E-state index in [0.717, 1.165) is 5.56 Å². The van der Waals surface area contributed by atoms with Crippen molar-refractivity contribution in [3.8, 4) is 0 Å². The highest BCUT2D eigenvalue weighted by Gasteiger charge is 2.16. The Morgan fingerprint density at radius 2 is 2.00 bits per heavy atom. The van der Waals surface area contributed by atoms with E-state index in [1.54, 1.807) is 12.1 Å². The Labute approximate surface area is 116 Å². The van der Waals surface area contributed by atoms with Crippen LogP contribution in [0.3, 0.4) is 0 Å². The number of nitrogen functional groups attached to an aromatic ring is 1. The highest BCUT2D eigenvalue weighted by Crippen LogP contribution is 2.20. The number of primary amides is 1. The summed E-state index contributed by atoms with van der Waals surface area (Å²) in [6.07, 6.45) is 1.46. The number of hydrogen-bond acceptors (Lipinski definition) is 4. The molecule has 0 unspecified atom stereocenters. The number of benzene rings is 1. The molecule has 0 saturated heterocycles. The largest absolute Gasteiger partial charge is 0.398 e. The maximum atomic E-state index is 13.8. The van der Waals surface area contributed by atoms with Crippen molar-refractivity contribution in [1.82, 2.24) is 4.98 Å². The van der Waals surface area contributed by atoms with E-state index in [-0.39, 0.29) is 18.9 Å². The third kappa shape index (κ3) is 3.23. The Kier molecular flexibility index (Phi) is 4.14. The molecule has 0 fully saturated rings. The van der Waals surface area contributed by atoms with Gasteiger partial charge in [0, 0.05) is 18.4 Å². The fourth-order valence-corrected chi connectivity index (χ4v) is 1.89. The molecule has 0 bridgehead atoms. The predicted octanol–water partition coefficient (Wildman–Crippen LogP) is 1.29. The number of pyridine rings is 1. The van der Waals surface area contributed by atoms with Crippen molar-refractivity contribution in [2.45, 2.75) is 6.54 Å². The van der Waals surface area contributed by atoms with E-state index < -0.39 is 11.7 Å². The molecule has 0 atom stereocenters. The quantitative estimate of drug-likeness (QED) is 0.805. The van der Waals surface area contributed by atoms with Gasteiger partial charge in [0.15, 0.2) is 11.6 Å². The van der Waals surface area contributed by atoms with Crippen LogP contribution in [0.5, 0.6) is 0 Å². The van der Waals surface area contributed by atoms with E-state index in [1.165, 1.54) is 23.2 Å². The lowest BCUT2D eigenvalue weighted by atomic mass is 10.1. The molecule has 0 aliphatic heterocycles. The molecule has 2 aromatic rings. The third-order valence-electron chi connectivity index (χ3n) is 2.80. The molecule has 0 aliphatic carbocycles. The first-order chi connectivity index (χ1) is 9.58. The number of rotatable bonds is 5. The van der Waals surface area contributed by atoms with Crippen LogP contribution in [0.2, 0.25) is 0 Å². The molecule has 0 spiro atoms. The van der Waals surface area contributed by atoms with Gasteiger partial charge in [0.2, 0.25) is 5.91 Å². The van der Waals surface area contributed by atoms with Gasteiger partial charge in [0.25, 0.3) is 0 Å². The van der Waals surface area contributed by atoms with Gasteiger partial charge in [-0.3, -0.25) is 4.79 Å². The fourth-order valence-electron chi connectivity index (χ4n) is 1.89. The second-order valence-electron chi connectivity index (χ2n) is 4.33. The number of nitrogens with two attached hydrogens (primary N) is 2. The smallest absolute Gasteiger partial charge is 0.237 e. The highest BCUT2D eigenvalue weighted by atomic mass is 19.1. The van der Waals surface area contributed by atoms with Crippen LogP contribution in [0.4, 0.5) is 15.9 Å². The van der Waals surface area contributed by atoms with E-state index in [1.807, 2.05) is 12.1 Å². The topological polar surface area (TPSA) is 85.2 Å². The Bertz CT molecular complexity index is 618. The van der Waals surface area contributed by atoms with Crippen molar-refractivity contribution >= 4 is 17.4 Å². The molecule has 1 aromatic heterocycles. The summed E-state index contributed by atoms with van der Waals surface area (Å²) in [5, 5.41) is 0. The molecule has 104 valence electrons. The molecule has 6 heteroatoms. The van der Waals surface area contributed by atoms with Crippen LogP contribution in [0.25, 0.3) is 0 Å². The Balaban J connectivity index is 2.32. The summed E-state index contributed by atoms with van der Waals surface area (Å²) in [6.45, 7) is 0.117. The summed E-state index contributed by atoms with van der Waals surface area (Å²) in [7, 11) is 0. The summed E-state index contributed by atoms with van der Waals surface area (Å²) in [5.41, 5.74) is 12.4. The first-order valence-corrected chi connectivity index (χ1v) is 6.05. The van der Waals surface area contributed by atoms with Crippen LogP contribution in [-0.2, 0) is 11.3 Å². The van der Waals surface area contributed by atoms with Crippen LogP contribution in [0.1, 0.15) is 5.56 Å². The summed E-state index contributed by atoms with van der Waals surface area (Å²) in [6, 6.07) is 9.95. The number of halogens is 1. The average Bonchev–Trinajstić information content (AvgIpc) is 2.40. The zero-order valence-corrected chi connectivity index (χ0v) is 10.8. The van der Waals surface area contributed by atoms with E-state index in [0.29, 0.717) is 5.69 Å². The van der Waals surface area contributed by atoms with E-state index in [2.05, 4.69) is 4.98 Å². The summed E-state index contributed by atoms with van der Waals surface area (Å²) < 4.78 is 13.8. The fraction of sp³-hybridized carbons (Fsp3) is 0.143. The van der Waals surface area contributed by atoms with Crippen molar-refractivity contribution in [2.75, 3.05) is 17.2 Å². The van der Waals surface area contributed by atoms with E-state index in [9.17, 15) is 9.18 Å². The SMILES string of the molecule is NC(=O)CN(Cc1ccccc1N)c1ncccc1F. The van der Waals surface area contributed by atoms with Crippen LogP contribution in [0, 0.1) is 5.82 Å². The van der Waals surface area contributed by atoms with Gasteiger partial charge in [-0.25, -0.2) is 9.37 Å². The van der Waals surface area contributed by atoms with Gasteiger partial charge in [-0.15, -0.1) is 0 Å². The molecular weight excluding hydrogens is 259 g/mol. The van der Waals surface area contributed by atoms with Crippen LogP contribution in [-0.4, -0.2) is 17.4 Å². The maximum absolute atomic E-state index is 13.8. The summed E-state index contributed by atoms with van der Waals surface area (Å²) in [4.78, 5) is 16.6. The minimum absolute atomic E-state index is 0.0783. The zero-order chi connectivity index (χ0) is 14.5. The number of carbonyl (C=O) groups excluding carboxylic acids is 1. The summed E-state index contributed by atoms with van der Waals surface area (Å²) >= 11 is 0. The van der Waals surface area contributed by atoms with E-state index in [4.69, 9.17) is 11.5 Å². The molecule has 1 aromatic carbocycles. The molecule has 1 heterocycles. The molecule has 0 aliphatic rings. The molecule has 20 heavy (non-hydrogen) atoms. The third-order valence-corrected chi connectivity index (χ3v) is 2.80. The van der Waals surface area contributed by atoms with Gasteiger partial charge < -0.3 is 16.4 Å². The number of aromatic nitrogens is 1. The lowest BCUT2D eigenvalue weighted by Gasteiger charge is -2.23. The minimum atomic E-state index is -0.565. The van der Waals surface area contributed by atoms with Gasteiger partial charge in [-0.05, 0) is 23.8 Å². The van der Waals surface area contributed by atoms with Gasteiger partial charge >= 0.3 is 0 Å². The zero-order valence-electron chi connectivity index (χ0n) is 10.8. The molecular formula is C14H15FN4O. The number of para-hydroxylation sites is 1. The van der Waals surface area contributed by atoms with Crippen molar-refractivity contribution in [3.63, 3.8) is 0 Å². The van der Waals surface area contributed by atoms with Crippen LogP contribution < -0.4 is 16.4 Å². The number of carbonyl (C=O) groups is 1. The number of nitrogens with zero attached hydrogens (tertiary/aromatic N) is 2. The lowest BCUT2D eigenvalue weighted by Crippen LogP contribution is -2.34. The first-order valence-electron chi connectivity index (χ1n) is 6.05. The van der Waals surface area contributed by atoms with Crippen molar-refractivity contribution < 1.29 is 9.18 Å². The molecule has 1 amide bonds. The Morgan fingerprint density at radius 3 is 2.65 bits per heavy atom. The van der Waals surface area contributed by atoms with Crippen LogP contribution >= 0.6 is 0 Å². The first kappa shape index (κ1) is 13.8. The van der Waals surface area contributed by atoms with Gasteiger partial charge in [-0.2, -0.15) is 0 Å². The predicted molar refractivity (Wildman–Crippen MR) is 75.3 cm³/mol. The monoisotopic (exact) mass is 274 g/mol. The van der Waals surface area contributed by atoms with Crippen molar-refractivity contribution in [1.29, 1.82) is 0 Å². The normalized spacial score (nSPS) is 10.2. The summed E-state index contributed by atoms with van der Waals surface area (Å²) in [5.74, 6) is -0.998. The van der Waals surface area contributed by atoms with Crippen molar-refractivity contribution in [3.05, 3.63) is 54.0 Å². The molecule has 0 radical (unpaired) electrons. The minimum Gasteiger partial charge on any atom is -0.398 e. The van der Waals surface area contributed by atoms with E-state index >= 15 is 0 Å². The second kappa shape index (κ2) is 6.01. The maximum Gasteiger partial charge on any atom is 0.237 e.